The van der Waals surface area contributed by atoms with Crippen LogP contribution in [0.4, 0.5) is 4.39 Å². The summed E-state index contributed by atoms with van der Waals surface area (Å²) in [4.78, 5) is 11.7. The minimum atomic E-state index is -0.958. The summed E-state index contributed by atoms with van der Waals surface area (Å²) in [6, 6.07) is 9.64. The lowest BCUT2D eigenvalue weighted by atomic mass is 9.87. The fraction of sp³-hybridized carbons (Fsp3) is 0.562. The predicted octanol–water partition coefficient (Wildman–Crippen LogP) is 3.79. The van der Waals surface area contributed by atoms with Gasteiger partial charge < -0.3 is 4.74 Å². The highest BCUT2D eigenvalue weighted by Crippen LogP contribution is 2.22. The fourth-order valence-electron chi connectivity index (χ4n) is 2.04. The Labute approximate surface area is 115 Å². The zero-order valence-corrected chi connectivity index (χ0v) is 11.9. The molecular formula is C16H23FO2. The van der Waals surface area contributed by atoms with Crippen molar-refractivity contribution in [1.29, 1.82) is 0 Å². The topological polar surface area (TPSA) is 26.3 Å². The SMILES string of the molecule is CC[C@@H](C)[C@@H](C)[C@@H](OCc1ccccc1)C(=O)CF. The standard InChI is InChI=1S/C16H23FO2/c1-4-12(2)13(3)16(15(18)10-17)19-11-14-8-6-5-7-9-14/h5-9,12-13,16H,4,10-11H2,1-3H3/t12-,13-,16-/m1/s1. The highest BCUT2D eigenvalue weighted by Gasteiger charge is 2.28. The summed E-state index contributed by atoms with van der Waals surface area (Å²) >= 11 is 0. The van der Waals surface area contributed by atoms with Crippen LogP contribution in [0.2, 0.25) is 0 Å². The zero-order chi connectivity index (χ0) is 14.3. The van der Waals surface area contributed by atoms with Crippen LogP contribution in [-0.4, -0.2) is 18.6 Å². The first-order valence-corrected chi connectivity index (χ1v) is 6.84. The van der Waals surface area contributed by atoms with Gasteiger partial charge in [-0.15, -0.1) is 0 Å². The van der Waals surface area contributed by atoms with Gasteiger partial charge in [0.15, 0.2) is 12.5 Å². The van der Waals surface area contributed by atoms with Gasteiger partial charge in [-0.3, -0.25) is 4.79 Å². The number of carbonyl (C=O) groups excluding carboxylic acids is 1. The molecule has 0 spiro atoms. The van der Waals surface area contributed by atoms with E-state index in [1.807, 2.05) is 37.3 Å². The molecular weight excluding hydrogens is 243 g/mol. The number of alkyl halides is 1. The van der Waals surface area contributed by atoms with Crippen molar-refractivity contribution in [2.75, 3.05) is 6.67 Å². The Morgan fingerprint density at radius 2 is 1.89 bits per heavy atom. The Morgan fingerprint density at radius 3 is 2.42 bits per heavy atom. The van der Waals surface area contributed by atoms with Crippen molar-refractivity contribution in [2.45, 2.75) is 39.9 Å². The van der Waals surface area contributed by atoms with Gasteiger partial charge in [-0.2, -0.15) is 0 Å². The van der Waals surface area contributed by atoms with E-state index in [9.17, 15) is 9.18 Å². The number of halogens is 1. The average Bonchev–Trinajstić information content (AvgIpc) is 2.47. The third kappa shape index (κ3) is 4.75. The number of carbonyl (C=O) groups is 1. The second-order valence-corrected chi connectivity index (χ2v) is 5.06. The Hall–Kier alpha value is -1.22. The first-order valence-electron chi connectivity index (χ1n) is 6.84. The van der Waals surface area contributed by atoms with Gasteiger partial charge in [0.05, 0.1) is 6.61 Å². The van der Waals surface area contributed by atoms with E-state index in [0.29, 0.717) is 12.5 Å². The smallest absolute Gasteiger partial charge is 0.192 e. The largest absolute Gasteiger partial charge is 0.365 e. The summed E-state index contributed by atoms with van der Waals surface area (Å²) in [6.07, 6.45) is 0.298. The molecule has 0 unspecified atom stereocenters. The van der Waals surface area contributed by atoms with Gasteiger partial charge in [0.25, 0.3) is 0 Å². The van der Waals surface area contributed by atoms with Crippen molar-refractivity contribution in [3.63, 3.8) is 0 Å². The van der Waals surface area contributed by atoms with Gasteiger partial charge in [0.1, 0.15) is 6.10 Å². The molecule has 0 aliphatic heterocycles. The molecule has 1 aromatic carbocycles. The number of ether oxygens (including phenoxy) is 1. The van der Waals surface area contributed by atoms with E-state index in [4.69, 9.17) is 4.74 Å². The van der Waals surface area contributed by atoms with Crippen molar-refractivity contribution < 1.29 is 13.9 Å². The Balaban J connectivity index is 2.67. The number of hydrogen-bond acceptors (Lipinski definition) is 2. The molecule has 0 amide bonds. The molecule has 3 atom stereocenters. The first kappa shape index (κ1) is 15.8. The second-order valence-electron chi connectivity index (χ2n) is 5.06. The quantitative estimate of drug-likeness (QED) is 0.715. The predicted molar refractivity (Wildman–Crippen MR) is 74.6 cm³/mol. The van der Waals surface area contributed by atoms with E-state index in [-0.39, 0.29) is 5.92 Å². The van der Waals surface area contributed by atoms with Crippen LogP contribution in [0.25, 0.3) is 0 Å². The van der Waals surface area contributed by atoms with Crippen molar-refractivity contribution in [1.82, 2.24) is 0 Å². The number of Topliss-reactive ketones (excluding diaryl/α,β-unsaturated/α-hetero) is 1. The zero-order valence-electron chi connectivity index (χ0n) is 11.9. The van der Waals surface area contributed by atoms with Crippen LogP contribution in [0.3, 0.4) is 0 Å². The van der Waals surface area contributed by atoms with Gasteiger partial charge in [0, 0.05) is 0 Å². The van der Waals surface area contributed by atoms with E-state index < -0.39 is 18.6 Å². The van der Waals surface area contributed by atoms with Crippen LogP contribution in [0.1, 0.15) is 32.8 Å². The van der Waals surface area contributed by atoms with E-state index in [0.717, 1.165) is 12.0 Å². The van der Waals surface area contributed by atoms with Crippen molar-refractivity contribution >= 4 is 5.78 Å². The second kappa shape index (κ2) is 8.05. The molecule has 0 radical (unpaired) electrons. The van der Waals surface area contributed by atoms with Crippen LogP contribution in [0.15, 0.2) is 30.3 Å². The Bertz CT molecular complexity index is 378. The highest BCUT2D eigenvalue weighted by molar-refractivity contribution is 5.84. The number of benzene rings is 1. The molecule has 0 bridgehead atoms. The molecule has 106 valence electrons. The number of ketones is 1. The molecule has 0 aliphatic carbocycles. The summed E-state index contributed by atoms with van der Waals surface area (Å²) in [5.74, 6) is -0.100. The van der Waals surface area contributed by atoms with E-state index in [1.165, 1.54) is 0 Å². The summed E-state index contributed by atoms with van der Waals surface area (Å²) in [5, 5.41) is 0. The van der Waals surface area contributed by atoms with Gasteiger partial charge in [0.2, 0.25) is 0 Å². The Morgan fingerprint density at radius 1 is 1.26 bits per heavy atom. The molecule has 1 rings (SSSR count). The molecule has 0 aliphatic rings. The molecule has 0 saturated heterocycles. The van der Waals surface area contributed by atoms with Crippen LogP contribution in [0.5, 0.6) is 0 Å². The van der Waals surface area contributed by atoms with Gasteiger partial charge in [-0.1, -0.05) is 57.5 Å². The van der Waals surface area contributed by atoms with Crippen LogP contribution >= 0.6 is 0 Å². The van der Waals surface area contributed by atoms with Gasteiger partial charge in [-0.05, 0) is 17.4 Å². The van der Waals surface area contributed by atoms with Crippen LogP contribution in [0, 0.1) is 11.8 Å². The number of rotatable bonds is 8. The Kier molecular flexibility index (Phi) is 6.71. The van der Waals surface area contributed by atoms with E-state index in [2.05, 4.69) is 13.8 Å². The summed E-state index contributed by atoms with van der Waals surface area (Å²) in [7, 11) is 0. The third-order valence-electron chi connectivity index (χ3n) is 3.74. The molecule has 0 saturated carbocycles. The van der Waals surface area contributed by atoms with Crippen LogP contribution < -0.4 is 0 Å². The summed E-state index contributed by atoms with van der Waals surface area (Å²) < 4.78 is 18.3. The molecule has 19 heavy (non-hydrogen) atoms. The fourth-order valence-corrected chi connectivity index (χ4v) is 2.04. The van der Waals surface area contributed by atoms with Gasteiger partial charge >= 0.3 is 0 Å². The van der Waals surface area contributed by atoms with Crippen molar-refractivity contribution in [2.24, 2.45) is 11.8 Å². The van der Waals surface area contributed by atoms with E-state index >= 15 is 0 Å². The summed E-state index contributed by atoms with van der Waals surface area (Å²) in [6.45, 7) is 5.47. The molecule has 0 N–H and O–H groups in total. The first-order chi connectivity index (χ1) is 9.10. The molecule has 2 nitrogen and oxygen atoms in total. The minimum Gasteiger partial charge on any atom is -0.365 e. The lowest BCUT2D eigenvalue weighted by Crippen LogP contribution is -2.35. The monoisotopic (exact) mass is 266 g/mol. The average molecular weight is 266 g/mol. The normalized spacial score (nSPS) is 15.8. The third-order valence-corrected chi connectivity index (χ3v) is 3.74. The maximum Gasteiger partial charge on any atom is 0.192 e. The number of hydrogen-bond donors (Lipinski definition) is 0. The minimum absolute atomic E-state index is 0.0250. The summed E-state index contributed by atoms with van der Waals surface area (Å²) in [5.41, 5.74) is 0.996. The molecule has 3 heteroatoms. The molecule has 0 aromatic heterocycles. The van der Waals surface area contributed by atoms with E-state index in [1.54, 1.807) is 0 Å². The highest BCUT2D eigenvalue weighted by atomic mass is 19.1. The van der Waals surface area contributed by atoms with Gasteiger partial charge in [-0.25, -0.2) is 4.39 Å². The molecule has 0 fully saturated rings. The maximum absolute atomic E-state index is 12.7. The lowest BCUT2D eigenvalue weighted by Gasteiger charge is -2.26. The maximum atomic E-state index is 12.7. The van der Waals surface area contributed by atoms with Crippen LogP contribution in [-0.2, 0) is 16.1 Å². The molecule has 1 aromatic rings. The molecule has 0 heterocycles. The van der Waals surface area contributed by atoms with Crippen molar-refractivity contribution in [3.05, 3.63) is 35.9 Å². The lowest BCUT2D eigenvalue weighted by molar-refractivity contribution is -0.137. The van der Waals surface area contributed by atoms with Crippen molar-refractivity contribution in [3.8, 4) is 0 Å².